The van der Waals surface area contributed by atoms with Crippen molar-refractivity contribution in [3.63, 3.8) is 0 Å². The molecule has 122 valence electrons. The second-order valence-electron chi connectivity index (χ2n) is 6.14. The van der Waals surface area contributed by atoms with Crippen LogP contribution in [0.3, 0.4) is 0 Å². The normalized spacial score (nSPS) is 11.4. The first-order valence-corrected chi connectivity index (χ1v) is 7.05. The molecule has 0 amide bonds. The minimum Gasteiger partial charge on any atom is -0.455 e. The van der Waals surface area contributed by atoms with Crippen molar-refractivity contribution in [1.82, 2.24) is 19.7 Å². The van der Waals surface area contributed by atoms with Gasteiger partial charge in [0.15, 0.2) is 11.5 Å². The number of aryl methyl sites for hydroxylation is 2. The number of rotatable bonds is 3. The maximum Gasteiger partial charge on any atom is 0.491 e. The molecule has 0 saturated carbocycles. The summed E-state index contributed by atoms with van der Waals surface area (Å²) in [4.78, 5) is 20.7. The van der Waals surface area contributed by atoms with Gasteiger partial charge in [-0.3, -0.25) is 4.68 Å². The predicted octanol–water partition coefficient (Wildman–Crippen LogP) is -0.179. The van der Waals surface area contributed by atoms with E-state index in [9.17, 15) is 14.8 Å². The van der Waals surface area contributed by atoms with E-state index in [0.717, 1.165) is 0 Å². The lowest BCUT2D eigenvalue weighted by atomic mass is 9.80. The molecule has 0 aliphatic rings. The summed E-state index contributed by atoms with van der Waals surface area (Å²) < 4.78 is 6.78. The van der Waals surface area contributed by atoms with Gasteiger partial charge >= 0.3 is 13.1 Å². The second kappa shape index (κ2) is 6.09. The number of carbonyl (C=O) groups is 1. The zero-order chi connectivity index (χ0) is 17.4. The van der Waals surface area contributed by atoms with Gasteiger partial charge in [-0.25, -0.2) is 14.8 Å². The van der Waals surface area contributed by atoms with Crippen LogP contribution in [0, 0.1) is 6.92 Å². The number of esters is 1. The van der Waals surface area contributed by atoms with E-state index in [-0.39, 0.29) is 17.0 Å². The molecule has 0 aromatic carbocycles. The number of nitrogens with zero attached hydrogens (tertiary/aromatic N) is 4. The molecule has 0 atom stereocenters. The largest absolute Gasteiger partial charge is 0.491 e. The fourth-order valence-corrected chi connectivity index (χ4v) is 2.03. The summed E-state index contributed by atoms with van der Waals surface area (Å²) in [5.74, 6) is -0.263. The molecule has 2 N–H and O–H groups in total. The van der Waals surface area contributed by atoms with E-state index in [2.05, 4.69) is 15.1 Å². The number of aromatic nitrogens is 4. The van der Waals surface area contributed by atoms with Crippen molar-refractivity contribution in [3.05, 3.63) is 23.8 Å². The summed E-state index contributed by atoms with van der Waals surface area (Å²) in [5, 5.41) is 22.5. The van der Waals surface area contributed by atoms with E-state index in [1.54, 1.807) is 34.7 Å². The van der Waals surface area contributed by atoms with Crippen molar-refractivity contribution in [3.8, 4) is 11.4 Å². The third kappa shape index (κ3) is 3.75. The topological polar surface area (TPSA) is 110 Å². The average Bonchev–Trinajstić information content (AvgIpc) is 2.78. The highest BCUT2D eigenvalue weighted by atomic mass is 16.6. The fraction of sp³-hybridized carbons (Fsp3) is 0.429. The Morgan fingerprint density at radius 3 is 2.48 bits per heavy atom. The van der Waals surface area contributed by atoms with Crippen LogP contribution in [0.2, 0.25) is 0 Å². The highest BCUT2D eigenvalue weighted by Gasteiger charge is 2.26. The Bertz CT molecular complexity index is 737. The van der Waals surface area contributed by atoms with E-state index in [0.29, 0.717) is 11.3 Å². The van der Waals surface area contributed by atoms with Gasteiger partial charge in [-0.2, -0.15) is 5.10 Å². The second-order valence-corrected chi connectivity index (χ2v) is 6.14. The highest BCUT2D eigenvalue weighted by molar-refractivity contribution is 6.58. The van der Waals surface area contributed by atoms with Crippen molar-refractivity contribution < 1.29 is 19.6 Å². The Morgan fingerprint density at radius 2 is 1.96 bits per heavy atom. The quantitative estimate of drug-likeness (QED) is 0.596. The molecule has 0 saturated heterocycles. The zero-order valence-corrected chi connectivity index (χ0v) is 13.7. The summed E-state index contributed by atoms with van der Waals surface area (Å²) in [5.41, 5.74) is 0.626. The number of ether oxygens (including phenoxy) is 1. The van der Waals surface area contributed by atoms with Crippen molar-refractivity contribution in [2.75, 3.05) is 0 Å². The van der Waals surface area contributed by atoms with Crippen LogP contribution in [-0.2, 0) is 11.8 Å². The molecule has 0 spiro atoms. The number of hydrogen-bond acceptors (Lipinski definition) is 7. The summed E-state index contributed by atoms with van der Waals surface area (Å²) in [6, 6.07) is 0. The molecule has 2 rings (SSSR count). The van der Waals surface area contributed by atoms with Crippen LogP contribution < -0.4 is 5.46 Å². The molecule has 2 aromatic rings. The number of carbonyl (C=O) groups excluding carboxylic acids is 1. The fourth-order valence-electron chi connectivity index (χ4n) is 2.03. The lowest BCUT2D eigenvalue weighted by Crippen LogP contribution is -2.33. The van der Waals surface area contributed by atoms with Crippen LogP contribution in [0.15, 0.2) is 12.4 Å². The van der Waals surface area contributed by atoms with Gasteiger partial charge in [0, 0.05) is 24.4 Å². The van der Waals surface area contributed by atoms with Crippen molar-refractivity contribution >= 4 is 18.6 Å². The van der Waals surface area contributed by atoms with E-state index in [1.165, 1.54) is 17.1 Å². The molecule has 2 heterocycles. The number of hydrogen-bond donors (Lipinski definition) is 2. The van der Waals surface area contributed by atoms with E-state index in [4.69, 9.17) is 4.74 Å². The van der Waals surface area contributed by atoms with Gasteiger partial charge in [-0.15, -0.1) is 0 Å². The third-order valence-corrected chi connectivity index (χ3v) is 3.07. The Balaban J connectivity index is 2.46. The van der Waals surface area contributed by atoms with Crippen molar-refractivity contribution in [1.29, 1.82) is 0 Å². The Hall–Kier alpha value is -2.26. The van der Waals surface area contributed by atoms with Crippen LogP contribution in [-0.4, -0.2) is 48.5 Å². The van der Waals surface area contributed by atoms with Gasteiger partial charge < -0.3 is 14.8 Å². The predicted molar refractivity (Wildman–Crippen MR) is 84.0 cm³/mol. The Morgan fingerprint density at radius 1 is 1.30 bits per heavy atom. The average molecular weight is 318 g/mol. The zero-order valence-electron chi connectivity index (χ0n) is 13.7. The molecule has 2 aromatic heterocycles. The van der Waals surface area contributed by atoms with Crippen molar-refractivity contribution in [2.24, 2.45) is 7.05 Å². The standard InChI is InChI=1S/C14H19BN4O4/c1-8-10(15(21)22)7-16-12(18-8)9-6-17-19(5)11(9)13(20)23-14(2,3)4/h6-7,21-22H,1-5H3. The lowest BCUT2D eigenvalue weighted by molar-refractivity contribution is 0.00584. The van der Waals surface area contributed by atoms with Crippen molar-refractivity contribution in [2.45, 2.75) is 33.3 Å². The highest BCUT2D eigenvalue weighted by Crippen LogP contribution is 2.22. The molecule has 0 aliphatic carbocycles. The van der Waals surface area contributed by atoms with Gasteiger partial charge in [-0.1, -0.05) is 0 Å². The SMILES string of the molecule is Cc1nc(-c2cnn(C)c2C(=O)OC(C)(C)C)ncc1B(O)O. The molecule has 0 aliphatic heterocycles. The first-order chi connectivity index (χ1) is 10.6. The van der Waals surface area contributed by atoms with Crippen LogP contribution in [0.1, 0.15) is 37.0 Å². The summed E-state index contributed by atoms with van der Waals surface area (Å²) in [6.45, 7) is 6.96. The minimum absolute atomic E-state index is 0.205. The Labute approximate surface area is 134 Å². The molecular formula is C14H19BN4O4. The molecular weight excluding hydrogens is 299 g/mol. The maximum atomic E-state index is 12.4. The van der Waals surface area contributed by atoms with Crippen LogP contribution >= 0.6 is 0 Å². The lowest BCUT2D eigenvalue weighted by Gasteiger charge is -2.19. The minimum atomic E-state index is -1.65. The van der Waals surface area contributed by atoms with Crippen LogP contribution in [0.25, 0.3) is 11.4 Å². The summed E-state index contributed by atoms with van der Waals surface area (Å²) in [6.07, 6.45) is 2.79. The molecule has 9 heteroatoms. The monoisotopic (exact) mass is 318 g/mol. The van der Waals surface area contributed by atoms with E-state index >= 15 is 0 Å². The maximum absolute atomic E-state index is 12.4. The van der Waals surface area contributed by atoms with E-state index in [1.807, 2.05) is 0 Å². The van der Waals surface area contributed by atoms with Gasteiger partial charge in [0.05, 0.1) is 11.8 Å². The molecule has 8 nitrogen and oxygen atoms in total. The first-order valence-electron chi connectivity index (χ1n) is 7.05. The Kier molecular flexibility index (Phi) is 4.53. The third-order valence-electron chi connectivity index (χ3n) is 3.07. The summed E-state index contributed by atoms with van der Waals surface area (Å²) >= 11 is 0. The molecule has 0 fully saturated rings. The first kappa shape index (κ1) is 17.1. The van der Waals surface area contributed by atoms with Gasteiger partial charge in [0.1, 0.15) is 5.60 Å². The van der Waals surface area contributed by atoms with Crippen LogP contribution in [0.5, 0.6) is 0 Å². The molecule has 0 bridgehead atoms. The molecule has 0 radical (unpaired) electrons. The smallest absolute Gasteiger partial charge is 0.455 e. The molecule has 0 unspecified atom stereocenters. The van der Waals surface area contributed by atoms with E-state index < -0.39 is 18.7 Å². The molecule has 23 heavy (non-hydrogen) atoms. The van der Waals surface area contributed by atoms with Gasteiger partial charge in [0.2, 0.25) is 0 Å². The summed E-state index contributed by atoms with van der Waals surface area (Å²) in [7, 11) is -0.0233. The van der Waals surface area contributed by atoms with Crippen LogP contribution in [0.4, 0.5) is 0 Å². The van der Waals surface area contributed by atoms with Gasteiger partial charge in [-0.05, 0) is 27.7 Å². The van der Waals surface area contributed by atoms with Gasteiger partial charge in [0.25, 0.3) is 0 Å².